The number of hydrogen-bond acceptors (Lipinski definition) is 4. The van der Waals surface area contributed by atoms with Crippen molar-refractivity contribution in [2.24, 2.45) is 5.92 Å². The fraction of sp³-hybridized carbons (Fsp3) is 0.529. The van der Waals surface area contributed by atoms with Gasteiger partial charge in [-0.2, -0.15) is 0 Å². The first-order valence-corrected chi connectivity index (χ1v) is 8.21. The Hall–Kier alpha value is -1.79. The Morgan fingerprint density at radius 3 is 2.33 bits per heavy atom. The summed E-state index contributed by atoms with van der Waals surface area (Å²) in [6.07, 6.45) is 0. The van der Waals surface area contributed by atoms with E-state index in [1.807, 2.05) is 30.0 Å². The highest BCUT2D eigenvalue weighted by molar-refractivity contribution is 5.97. The number of para-hydroxylation sites is 1. The minimum atomic E-state index is -0.0218. The number of benzene rings is 1. The monoisotopic (exact) mass is 353 g/mol. The van der Waals surface area contributed by atoms with E-state index in [9.17, 15) is 9.59 Å². The van der Waals surface area contributed by atoms with Gasteiger partial charge in [-0.25, -0.2) is 0 Å². The molecule has 0 aromatic heterocycles. The summed E-state index contributed by atoms with van der Waals surface area (Å²) in [6.45, 7) is 6.36. The molecular weight excluding hydrogens is 330 g/mol. The van der Waals surface area contributed by atoms with Crippen molar-refractivity contribution in [2.45, 2.75) is 6.92 Å². The van der Waals surface area contributed by atoms with Gasteiger partial charge in [0, 0.05) is 39.3 Å². The van der Waals surface area contributed by atoms with Gasteiger partial charge in [0.1, 0.15) is 5.75 Å². The van der Waals surface area contributed by atoms with Crippen LogP contribution in [0.5, 0.6) is 5.75 Å². The second-order valence-electron chi connectivity index (χ2n) is 5.90. The molecule has 2 saturated heterocycles. The molecule has 1 N–H and O–H groups in total. The highest BCUT2D eigenvalue weighted by Crippen LogP contribution is 2.21. The normalized spacial score (nSPS) is 17.7. The molecule has 0 radical (unpaired) electrons. The lowest BCUT2D eigenvalue weighted by Crippen LogP contribution is -2.57. The largest absolute Gasteiger partial charge is 0.493 e. The first-order valence-electron chi connectivity index (χ1n) is 8.21. The molecule has 2 aliphatic rings. The summed E-state index contributed by atoms with van der Waals surface area (Å²) >= 11 is 0. The molecule has 2 fully saturated rings. The smallest absolute Gasteiger partial charge is 0.257 e. The number of hydrogen-bond donors (Lipinski definition) is 1. The van der Waals surface area contributed by atoms with Crippen LogP contribution in [0, 0.1) is 5.92 Å². The highest BCUT2D eigenvalue weighted by atomic mass is 35.5. The predicted octanol–water partition coefficient (Wildman–Crippen LogP) is 1.01. The Labute approximate surface area is 148 Å². The zero-order chi connectivity index (χ0) is 16.2. The molecule has 6 nitrogen and oxygen atoms in total. The Balaban J connectivity index is 0.00000208. The number of nitrogens with one attached hydrogen (secondary N) is 1. The van der Waals surface area contributed by atoms with E-state index in [2.05, 4.69) is 5.32 Å². The van der Waals surface area contributed by atoms with Gasteiger partial charge in [-0.05, 0) is 19.1 Å². The van der Waals surface area contributed by atoms with Crippen molar-refractivity contribution in [3.8, 4) is 5.75 Å². The molecule has 7 heteroatoms. The van der Waals surface area contributed by atoms with Crippen molar-refractivity contribution in [3.05, 3.63) is 29.8 Å². The van der Waals surface area contributed by atoms with Crippen LogP contribution in [0.2, 0.25) is 0 Å². The average Bonchev–Trinajstić information content (AvgIpc) is 2.53. The molecule has 2 heterocycles. The van der Waals surface area contributed by atoms with Gasteiger partial charge in [0.25, 0.3) is 5.91 Å². The summed E-state index contributed by atoms with van der Waals surface area (Å²) in [7, 11) is 0. The standard InChI is InChI=1S/C17H23N3O3.ClH/c1-2-23-15-6-4-3-5-14(15)17(22)20-9-7-19(8-10-20)16(21)13-11-18-12-13;/h3-6,13,18H,2,7-12H2,1H3;1H. The zero-order valence-corrected chi connectivity index (χ0v) is 14.7. The van der Waals surface area contributed by atoms with Gasteiger partial charge in [-0.1, -0.05) is 12.1 Å². The molecule has 0 unspecified atom stereocenters. The summed E-state index contributed by atoms with van der Waals surface area (Å²) in [4.78, 5) is 28.6. The average molecular weight is 354 g/mol. The lowest BCUT2D eigenvalue weighted by Gasteiger charge is -2.38. The van der Waals surface area contributed by atoms with E-state index in [-0.39, 0.29) is 30.1 Å². The summed E-state index contributed by atoms with van der Waals surface area (Å²) in [5, 5.41) is 3.12. The number of halogens is 1. The van der Waals surface area contributed by atoms with Crippen molar-refractivity contribution < 1.29 is 14.3 Å². The molecular formula is C17H24ClN3O3. The van der Waals surface area contributed by atoms with Gasteiger partial charge in [0.05, 0.1) is 18.1 Å². The van der Waals surface area contributed by atoms with Crippen LogP contribution in [-0.2, 0) is 4.79 Å². The summed E-state index contributed by atoms with van der Waals surface area (Å²) in [5.74, 6) is 0.937. The number of rotatable bonds is 4. The number of carbonyl (C=O) groups excluding carboxylic acids is 2. The topological polar surface area (TPSA) is 61.9 Å². The van der Waals surface area contributed by atoms with E-state index in [0.717, 1.165) is 13.1 Å². The Bertz CT molecular complexity index is 584. The van der Waals surface area contributed by atoms with E-state index in [1.54, 1.807) is 11.0 Å². The molecule has 24 heavy (non-hydrogen) atoms. The van der Waals surface area contributed by atoms with Crippen LogP contribution in [0.4, 0.5) is 0 Å². The third-order valence-corrected chi connectivity index (χ3v) is 4.43. The minimum absolute atomic E-state index is 0. The molecule has 0 saturated carbocycles. The van der Waals surface area contributed by atoms with Crippen LogP contribution in [0.3, 0.4) is 0 Å². The van der Waals surface area contributed by atoms with Crippen molar-refractivity contribution in [2.75, 3.05) is 45.9 Å². The van der Waals surface area contributed by atoms with Crippen LogP contribution >= 0.6 is 12.4 Å². The lowest BCUT2D eigenvalue weighted by molar-refractivity contribution is -0.138. The van der Waals surface area contributed by atoms with E-state index < -0.39 is 0 Å². The summed E-state index contributed by atoms with van der Waals surface area (Å²) in [5.41, 5.74) is 0.595. The molecule has 0 spiro atoms. The summed E-state index contributed by atoms with van der Waals surface area (Å²) in [6, 6.07) is 7.33. The number of amides is 2. The van der Waals surface area contributed by atoms with Crippen LogP contribution in [0.15, 0.2) is 24.3 Å². The number of piperazine rings is 1. The molecule has 2 aliphatic heterocycles. The van der Waals surface area contributed by atoms with Crippen molar-refractivity contribution in [1.82, 2.24) is 15.1 Å². The molecule has 132 valence electrons. The van der Waals surface area contributed by atoms with E-state index in [4.69, 9.17) is 4.74 Å². The summed E-state index contributed by atoms with van der Waals surface area (Å²) < 4.78 is 5.54. The Kier molecular flexibility index (Phi) is 6.45. The van der Waals surface area contributed by atoms with Crippen molar-refractivity contribution >= 4 is 24.2 Å². The zero-order valence-electron chi connectivity index (χ0n) is 13.9. The lowest BCUT2D eigenvalue weighted by atomic mass is 10.0. The van der Waals surface area contributed by atoms with E-state index >= 15 is 0 Å². The maximum Gasteiger partial charge on any atom is 0.257 e. The van der Waals surface area contributed by atoms with Gasteiger partial charge in [-0.15, -0.1) is 12.4 Å². The maximum atomic E-state index is 12.7. The van der Waals surface area contributed by atoms with Gasteiger partial charge >= 0.3 is 0 Å². The van der Waals surface area contributed by atoms with Crippen LogP contribution in [0.25, 0.3) is 0 Å². The first kappa shape index (κ1) is 18.5. The fourth-order valence-corrected chi connectivity index (χ4v) is 2.95. The molecule has 0 bridgehead atoms. The molecule has 0 atom stereocenters. The number of nitrogens with zero attached hydrogens (tertiary/aromatic N) is 2. The van der Waals surface area contributed by atoms with Gasteiger partial charge in [0.2, 0.25) is 5.91 Å². The molecule has 0 aliphatic carbocycles. The molecule has 1 aromatic carbocycles. The quantitative estimate of drug-likeness (QED) is 0.877. The van der Waals surface area contributed by atoms with E-state index in [1.165, 1.54) is 0 Å². The number of ether oxygens (including phenoxy) is 1. The molecule has 2 amide bonds. The minimum Gasteiger partial charge on any atom is -0.493 e. The molecule has 3 rings (SSSR count). The van der Waals surface area contributed by atoms with Crippen molar-refractivity contribution in [1.29, 1.82) is 0 Å². The van der Waals surface area contributed by atoms with E-state index in [0.29, 0.717) is 44.1 Å². The second-order valence-corrected chi connectivity index (χ2v) is 5.90. The highest BCUT2D eigenvalue weighted by Gasteiger charge is 2.32. The first-order chi connectivity index (χ1) is 11.2. The maximum absolute atomic E-state index is 12.7. The van der Waals surface area contributed by atoms with Gasteiger partial charge in [0.15, 0.2) is 0 Å². The van der Waals surface area contributed by atoms with Crippen LogP contribution < -0.4 is 10.1 Å². The fourth-order valence-electron chi connectivity index (χ4n) is 2.95. The van der Waals surface area contributed by atoms with Crippen LogP contribution in [0.1, 0.15) is 17.3 Å². The van der Waals surface area contributed by atoms with Crippen molar-refractivity contribution in [3.63, 3.8) is 0 Å². The second kappa shape index (κ2) is 8.35. The molecule has 1 aromatic rings. The number of carbonyl (C=O) groups is 2. The predicted molar refractivity (Wildman–Crippen MR) is 93.7 cm³/mol. The Morgan fingerprint density at radius 1 is 1.12 bits per heavy atom. The Morgan fingerprint density at radius 2 is 1.75 bits per heavy atom. The SMILES string of the molecule is CCOc1ccccc1C(=O)N1CCN(C(=O)C2CNC2)CC1.Cl. The van der Waals surface area contributed by atoms with Crippen LogP contribution in [-0.4, -0.2) is 67.5 Å². The third kappa shape index (κ3) is 3.82. The van der Waals surface area contributed by atoms with Gasteiger partial charge in [-0.3, -0.25) is 9.59 Å². The van der Waals surface area contributed by atoms with Gasteiger partial charge < -0.3 is 19.9 Å². The third-order valence-electron chi connectivity index (χ3n) is 4.43.